The van der Waals surface area contributed by atoms with Crippen molar-refractivity contribution in [1.29, 1.82) is 0 Å². The minimum atomic E-state index is -0.756. The molecule has 1 aromatic rings. The van der Waals surface area contributed by atoms with Crippen LogP contribution in [0.4, 0.5) is 0 Å². The van der Waals surface area contributed by atoms with Gasteiger partial charge in [0.15, 0.2) is 0 Å². The molecule has 1 rings (SSSR count). The first-order valence-corrected chi connectivity index (χ1v) is 5.05. The molecule has 0 fully saturated rings. The molecule has 1 atom stereocenters. The third-order valence-corrected chi connectivity index (χ3v) is 2.52. The van der Waals surface area contributed by atoms with E-state index in [9.17, 15) is 4.79 Å². The minimum Gasteiger partial charge on any atom is -0.481 e. The molecule has 0 spiro atoms. The second-order valence-corrected chi connectivity index (χ2v) is 3.73. The number of benzene rings is 1. The topological polar surface area (TPSA) is 57.5 Å². The molecule has 0 aliphatic heterocycles. The molecule has 0 radical (unpaired) electrons. The van der Waals surface area contributed by atoms with Gasteiger partial charge in [0.25, 0.3) is 0 Å². The van der Waals surface area contributed by atoms with Gasteiger partial charge < -0.3 is 10.2 Å². The van der Waals surface area contributed by atoms with E-state index in [0.29, 0.717) is 6.42 Å². The Morgan fingerprint density at radius 1 is 1.33 bits per heavy atom. The molecule has 1 unspecified atom stereocenters. The smallest absolute Gasteiger partial charge is 0.303 e. The van der Waals surface area contributed by atoms with Crippen LogP contribution in [0.5, 0.6) is 0 Å². The third-order valence-electron chi connectivity index (χ3n) is 2.52. The van der Waals surface area contributed by atoms with Crippen LogP contribution in [0.15, 0.2) is 24.3 Å². The Morgan fingerprint density at radius 2 is 1.93 bits per heavy atom. The van der Waals surface area contributed by atoms with Crippen LogP contribution in [0.3, 0.4) is 0 Å². The summed E-state index contributed by atoms with van der Waals surface area (Å²) in [6.45, 7) is 2.06. The number of carboxylic acids is 1. The van der Waals surface area contributed by atoms with Gasteiger partial charge in [0.2, 0.25) is 0 Å². The van der Waals surface area contributed by atoms with Gasteiger partial charge in [0, 0.05) is 6.42 Å². The largest absolute Gasteiger partial charge is 0.481 e. The van der Waals surface area contributed by atoms with E-state index in [4.69, 9.17) is 10.2 Å². The molecule has 3 nitrogen and oxygen atoms in total. The fourth-order valence-electron chi connectivity index (χ4n) is 1.46. The number of aliphatic carboxylic acids is 1. The quantitative estimate of drug-likeness (QED) is 0.779. The van der Waals surface area contributed by atoms with Gasteiger partial charge in [-0.25, -0.2) is 0 Å². The van der Waals surface area contributed by atoms with Gasteiger partial charge >= 0.3 is 5.97 Å². The number of hydrogen-bond acceptors (Lipinski definition) is 2. The number of rotatable bonds is 5. The van der Waals surface area contributed by atoms with E-state index < -0.39 is 5.97 Å². The molecule has 0 aliphatic carbocycles. The summed E-state index contributed by atoms with van der Waals surface area (Å²) in [7, 11) is 0. The maximum absolute atomic E-state index is 10.4. The lowest BCUT2D eigenvalue weighted by atomic mass is 9.95. The van der Waals surface area contributed by atoms with Crippen molar-refractivity contribution in [2.24, 2.45) is 0 Å². The lowest BCUT2D eigenvalue weighted by Crippen LogP contribution is -2.00. The lowest BCUT2D eigenvalue weighted by Gasteiger charge is -2.10. The van der Waals surface area contributed by atoms with Crippen LogP contribution in [0, 0.1) is 0 Å². The van der Waals surface area contributed by atoms with Gasteiger partial charge in [0.05, 0.1) is 6.61 Å². The Kier molecular flexibility index (Phi) is 4.31. The summed E-state index contributed by atoms with van der Waals surface area (Å²) < 4.78 is 0. The van der Waals surface area contributed by atoms with E-state index >= 15 is 0 Å². The van der Waals surface area contributed by atoms with Gasteiger partial charge in [0.1, 0.15) is 0 Å². The predicted octanol–water partition coefficient (Wildman–Crippen LogP) is 2.15. The molecule has 0 aliphatic rings. The van der Waals surface area contributed by atoms with E-state index in [1.54, 1.807) is 0 Å². The Morgan fingerprint density at radius 3 is 2.40 bits per heavy atom. The zero-order valence-corrected chi connectivity index (χ0v) is 8.81. The van der Waals surface area contributed by atoms with Gasteiger partial charge in [-0.05, 0) is 23.5 Å². The fourth-order valence-corrected chi connectivity index (χ4v) is 1.46. The number of carbonyl (C=O) groups is 1. The molecule has 0 amide bonds. The van der Waals surface area contributed by atoms with Crippen molar-refractivity contribution in [1.82, 2.24) is 0 Å². The summed E-state index contributed by atoms with van der Waals surface area (Å²) in [6, 6.07) is 7.62. The summed E-state index contributed by atoms with van der Waals surface area (Å²) in [5, 5.41) is 17.4. The van der Waals surface area contributed by atoms with Crippen LogP contribution < -0.4 is 0 Å². The van der Waals surface area contributed by atoms with Gasteiger partial charge in [-0.15, -0.1) is 0 Å². The Bertz CT molecular complexity index is 316. The first kappa shape index (κ1) is 11.7. The summed E-state index contributed by atoms with van der Waals surface area (Å²) in [5.41, 5.74) is 2.00. The standard InChI is InChI=1S/C12H16O3/c1-9(2-7-12(14)15)11-5-3-10(8-13)4-6-11/h3-6,9,13H,2,7-8H2,1H3,(H,14,15). The predicted molar refractivity (Wildman–Crippen MR) is 57.6 cm³/mol. The summed E-state index contributed by atoms with van der Waals surface area (Å²) in [6.07, 6.45) is 0.844. The summed E-state index contributed by atoms with van der Waals surface area (Å²) in [4.78, 5) is 10.4. The van der Waals surface area contributed by atoms with Crippen LogP contribution in [-0.2, 0) is 11.4 Å². The van der Waals surface area contributed by atoms with E-state index in [1.807, 2.05) is 31.2 Å². The van der Waals surface area contributed by atoms with Gasteiger partial charge in [-0.2, -0.15) is 0 Å². The highest BCUT2D eigenvalue weighted by molar-refractivity contribution is 5.66. The highest BCUT2D eigenvalue weighted by atomic mass is 16.4. The molecule has 0 heterocycles. The second kappa shape index (κ2) is 5.51. The lowest BCUT2D eigenvalue weighted by molar-refractivity contribution is -0.137. The molecule has 1 aromatic carbocycles. The molecule has 2 N–H and O–H groups in total. The van der Waals surface area contributed by atoms with Crippen molar-refractivity contribution in [2.45, 2.75) is 32.3 Å². The fraction of sp³-hybridized carbons (Fsp3) is 0.417. The first-order chi connectivity index (χ1) is 7.13. The van der Waals surface area contributed by atoms with Crippen molar-refractivity contribution in [3.8, 4) is 0 Å². The zero-order chi connectivity index (χ0) is 11.3. The molecule has 0 aromatic heterocycles. The average Bonchev–Trinajstić information content (AvgIpc) is 2.26. The Balaban J connectivity index is 2.57. The Labute approximate surface area is 89.4 Å². The maximum atomic E-state index is 10.4. The summed E-state index contributed by atoms with van der Waals surface area (Å²) >= 11 is 0. The first-order valence-electron chi connectivity index (χ1n) is 5.05. The zero-order valence-electron chi connectivity index (χ0n) is 8.81. The second-order valence-electron chi connectivity index (χ2n) is 3.73. The van der Waals surface area contributed by atoms with Crippen LogP contribution in [0.2, 0.25) is 0 Å². The van der Waals surface area contributed by atoms with Crippen LogP contribution >= 0.6 is 0 Å². The van der Waals surface area contributed by atoms with Crippen LogP contribution in [0.1, 0.15) is 36.8 Å². The maximum Gasteiger partial charge on any atom is 0.303 e. The molecule has 0 saturated heterocycles. The number of aliphatic hydroxyl groups excluding tert-OH is 1. The van der Waals surface area contributed by atoms with Crippen molar-refractivity contribution in [2.75, 3.05) is 0 Å². The van der Waals surface area contributed by atoms with Gasteiger partial charge in [-0.1, -0.05) is 31.2 Å². The Hall–Kier alpha value is -1.35. The molecular weight excluding hydrogens is 192 g/mol. The highest BCUT2D eigenvalue weighted by Gasteiger charge is 2.07. The van der Waals surface area contributed by atoms with E-state index in [-0.39, 0.29) is 18.9 Å². The monoisotopic (exact) mass is 208 g/mol. The SMILES string of the molecule is CC(CCC(=O)O)c1ccc(CO)cc1. The summed E-state index contributed by atoms with van der Waals surface area (Å²) in [5.74, 6) is -0.511. The van der Waals surface area contributed by atoms with E-state index in [1.165, 1.54) is 0 Å². The number of carboxylic acid groups (broad SMARTS) is 1. The number of aliphatic hydroxyl groups is 1. The van der Waals surface area contributed by atoms with Crippen LogP contribution in [-0.4, -0.2) is 16.2 Å². The minimum absolute atomic E-state index is 0.0454. The van der Waals surface area contributed by atoms with E-state index in [0.717, 1.165) is 11.1 Å². The third kappa shape index (κ3) is 3.72. The van der Waals surface area contributed by atoms with E-state index in [2.05, 4.69) is 0 Å². The molecule has 15 heavy (non-hydrogen) atoms. The van der Waals surface area contributed by atoms with Crippen molar-refractivity contribution < 1.29 is 15.0 Å². The molecule has 82 valence electrons. The molecule has 0 saturated carbocycles. The molecule has 0 bridgehead atoms. The molecule has 3 heteroatoms. The average molecular weight is 208 g/mol. The van der Waals surface area contributed by atoms with Crippen molar-refractivity contribution >= 4 is 5.97 Å². The normalized spacial score (nSPS) is 12.4. The van der Waals surface area contributed by atoms with Crippen molar-refractivity contribution in [3.63, 3.8) is 0 Å². The number of hydrogen-bond donors (Lipinski definition) is 2. The van der Waals surface area contributed by atoms with Crippen molar-refractivity contribution in [3.05, 3.63) is 35.4 Å². The van der Waals surface area contributed by atoms with Crippen LogP contribution in [0.25, 0.3) is 0 Å². The van der Waals surface area contributed by atoms with Gasteiger partial charge in [-0.3, -0.25) is 4.79 Å². The molecular formula is C12H16O3. The highest BCUT2D eigenvalue weighted by Crippen LogP contribution is 2.20.